The molecule has 0 aromatic heterocycles. The van der Waals surface area contributed by atoms with E-state index in [1.165, 1.54) is 6.42 Å². The van der Waals surface area contributed by atoms with Crippen LogP contribution in [0.15, 0.2) is 18.2 Å². The second-order valence-corrected chi connectivity index (χ2v) is 7.19. The van der Waals surface area contributed by atoms with Crippen molar-refractivity contribution >= 4 is 11.6 Å². The highest BCUT2D eigenvalue weighted by molar-refractivity contribution is 5.76. The van der Waals surface area contributed by atoms with Crippen molar-refractivity contribution in [3.63, 3.8) is 0 Å². The minimum absolute atomic E-state index is 0.307. The molecule has 2 saturated heterocycles. The van der Waals surface area contributed by atoms with E-state index in [-0.39, 0.29) is 0 Å². The molecule has 1 atom stereocenters. The number of hydrogen-bond acceptors (Lipinski definition) is 5. The SMILES string of the molecule is COc1cc(OC)cc(N2CCCN(C(=O)CCC3CCNC3)CC2)c1. The van der Waals surface area contributed by atoms with Gasteiger partial charge in [0.15, 0.2) is 0 Å². The number of carbonyl (C=O) groups excluding carboxylic acids is 1. The average Bonchev–Trinajstić information content (AvgIpc) is 3.07. The van der Waals surface area contributed by atoms with Crippen LogP contribution in [0.4, 0.5) is 5.69 Å². The maximum atomic E-state index is 12.6. The summed E-state index contributed by atoms with van der Waals surface area (Å²) in [4.78, 5) is 17.0. The van der Waals surface area contributed by atoms with Gasteiger partial charge >= 0.3 is 0 Å². The van der Waals surface area contributed by atoms with Gasteiger partial charge in [0.25, 0.3) is 0 Å². The summed E-state index contributed by atoms with van der Waals surface area (Å²) >= 11 is 0. The Balaban J connectivity index is 1.56. The number of nitrogens with zero attached hydrogens (tertiary/aromatic N) is 2. The van der Waals surface area contributed by atoms with Gasteiger partial charge < -0.3 is 24.6 Å². The zero-order valence-corrected chi connectivity index (χ0v) is 16.0. The molecule has 6 heteroatoms. The smallest absolute Gasteiger partial charge is 0.222 e. The molecule has 3 rings (SSSR count). The Morgan fingerprint density at radius 2 is 1.88 bits per heavy atom. The first-order chi connectivity index (χ1) is 12.7. The summed E-state index contributed by atoms with van der Waals surface area (Å²) < 4.78 is 10.8. The molecule has 0 aliphatic carbocycles. The van der Waals surface area contributed by atoms with Gasteiger partial charge in [-0.25, -0.2) is 0 Å². The maximum Gasteiger partial charge on any atom is 0.222 e. The maximum absolute atomic E-state index is 12.6. The number of ether oxygens (including phenoxy) is 2. The van der Waals surface area contributed by atoms with Crippen LogP contribution in [0.1, 0.15) is 25.7 Å². The summed E-state index contributed by atoms with van der Waals surface area (Å²) in [6.07, 6.45) is 3.88. The van der Waals surface area contributed by atoms with Gasteiger partial charge in [-0.15, -0.1) is 0 Å². The lowest BCUT2D eigenvalue weighted by Crippen LogP contribution is -2.35. The van der Waals surface area contributed by atoms with Gasteiger partial charge in [0, 0.05) is 56.5 Å². The summed E-state index contributed by atoms with van der Waals surface area (Å²) in [6.45, 7) is 5.57. The summed E-state index contributed by atoms with van der Waals surface area (Å²) in [7, 11) is 3.34. The van der Waals surface area contributed by atoms with Crippen LogP contribution in [0.2, 0.25) is 0 Å². The van der Waals surface area contributed by atoms with Crippen LogP contribution in [0, 0.1) is 5.92 Å². The van der Waals surface area contributed by atoms with Crippen molar-refractivity contribution in [3.05, 3.63) is 18.2 Å². The molecule has 0 bridgehead atoms. The molecular weight excluding hydrogens is 330 g/mol. The first kappa shape index (κ1) is 18.8. The summed E-state index contributed by atoms with van der Waals surface area (Å²) in [5.41, 5.74) is 1.09. The van der Waals surface area contributed by atoms with Gasteiger partial charge in [-0.1, -0.05) is 0 Å². The van der Waals surface area contributed by atoms with Crippen molar-refractivity contribution in [2.24, 2.45) is 5.92 Å². The quantitative estimate of drug-likeness (QED) is 0.841. The van der Waals surface area contributed by atoms with Crippen LogP contribution >= 0.6 is 0 Å². The Bertz CT molecular complexity index is 580. The van der Waals surface area contributed by atoms with Crippen LogP contribution in [0.3, 0.4) is 0 Å². The molecule has 2 aliphatic heterocycles. The van der Waals surface area contributed by atoms with Gasteiger partial charge in [-0.3, -0.25) is 4.79 Å². The fraction of sp³-hybridized carbons (Fsp3) is 0.650. The summed E-state index contributed by atoms with van der Waals surface area (Å²) in [5.74, 6) is 2.57. The first-order valence-corrected chi connectivity index (χ1v) is 9.66. The zero-order chi connectivity index (χ0) is 18.4. The molecule has 0 radical (unpaired) electrons. The molecule has 144 valence electrons. The number of nitrogens with one attached hydrogen (secondary N) is 1. The van der Waals surface area contributed by atoms with E-state index in [1.807, 2.05) is 23.1 Å². The normalized spacial score (nSPS) is 20.8. The lowest BCUT2D eigenvalue weighted by molar-refractivity contribution is -0.131. The second kappa shape index (κ2) is 9.12. The Morgan fingerprint density at radius 1 is 1.12 bits per heavy atom. The third kappa shape index (κ3) is 4.81. The molecule has 1 aromatic rings. The van der Waals surface area contributed by atoms with Gasteiger partial charge in [-0.2, -0.15) is 0 Å². The predicted molar refractivity (Wildman–Crippen MR) is 103 cm³/mol. The highest BCUT2D eigenvalue weighted by Gasteiger charge is 2.22. The van der Waals surface area contributed by atoms with Crippen LogP contribution in [-0.4, -0.2) is 64.3 Å². The van der Waals surface area contributed by atoms with Crippen molar-refractivity contribution < 1.29 is 14.3 Å². The number of hydrogen-bond donors (Lipinski definition) is 1. The van der Waals surface area contributed by atoms with E-state index < -0.39 is 0 Å². The second-order valence-electron chi connectivity index (χ2n) is 7.19. The van der Waals surface area contributed by atoms with Crippen molar-refractivity contribution in [1.82, 2.24) is 10.2 Å². The highest BCUT2D eigenvalue weighted by Crippen LogP contribution is 2.29. The fourth-order valence-electron chi connectivity index (χ4n) is 3.85. The zero-order valence-electron chi connectivity index (χ0n) is 16.0. The first-order valence-electron chi connectivity index (χ1n) is 9.66. The minimum atomic E-state index is 0.307. The molecule has 2 aliphatic rings. The van der Waals surface area contributed by atoms with Crippen LogP contribution in [0.25, 0.3) is 0 Å². The third-order valence-corrected chi connectivity index (χ3v) is 5.48. The molecule has 1 N–H and O–H groups in total. The van der Waals surface area contributed by atoms with Gasteiger partial charge in [-0.05, 0) is 38.3 Å². The molecule has 1 aromatic carbocycles. The third-order valence-electron chi connectivity index (χ3n) is 5.48. The molecule has 2 heterocycles. The van der Waals surface area contributed by atoms with Crippen molar-refractivity contribution in [1.29, 1.82) is 0 Å². The lowest BCUT2D eigenvalue weighted by Gasteiger charge is -2.25. The number of amides is 1. The number of methoxy groups -OCH3 is 2. The Morgan fingerprint density at radius 3 is 2.54 bits per heavy atom. The number of carbonyl (C=O) groups is 1. The Hall–Kier alpha value is -1.95. The predicted octanol–water partition coefficient (Wildman–Crippen LogP) is 2.13. The van der Waals surface area contributed by atoms with Crippen LogP contribution < -0.4 is 19.7 Å². The summed E-state index contributed by atoms with van der Waals surface area (Å²) in [5, 5.41) is 3.38. The number of rotatable bonds is 6. The van der Waals surface area contributed by atoms with E-state index >= 15 is 0 Å². The highest BCUT2D eigenvalue weighted by atomic mass is 16.5. The number of benzene rings is 1. The lowest BCUT2D eigenvalue weighted by atomic mass is 10.0. The van der Waals surface area contributed by atoms with E-state index in [9.17, 15) is 4.79 Å². The average molecular weight is 361 g/mol. The minimum Gasteiger partial charge on any atom is -0.497 e. The summed E-state index contributed by atoms with van der Waals surface area (Å²) in [6, 6.07) is 5.95. The van der Waals surface area contributed by atoms with Gasteiger partial charge in [0.2, 0.25) is 5.91 Å². The van der Waals surface area contributed by atoms with Crippen molar-refractivity contribution in [2.45, 2.75) is 25.7 Å². The topological polar surface area (TPSA) is 54.0 Å². The molecule has 6 nitrogen and oxygen atoms in total. The van der Waals surface area contributed by atoms with Crippen molar-refractivity contribution in [3.8, 4) is 11.5 Å². The molecule has 2 fully saturated rings. The number of anilines is 1. The van der Waals surface area contributed by atoms with Crippen LogP contribution in [-0.2, 0) is 4.79 Å². The Labute approximate surface area is 156 Å². The van der Waals surface area contributed by atoms with Gasteiger partial charge in [0.05, 0.1) is 14.2 Å². The fourth-order valence-corrected chi connectivity index (χ4v) is 3.85. The molecular formula is C20H31N3O3. The van der Waals surface area contributed by atoms with Gasteiger partial charge in [0.1, 0.15) is 11.5 Å². The van der Waals surface area contributed by atoms with Crippen LogP contribution in [0.5, 0.6) is 11.5 Å². The van der Waals surface area contributed by atoms with E-state index in [0.29, 0.717) is 18.2 Å². The monoisotopic (exact) mass is 361 g/mol. The molecule has 0 spiro atoms. The Kier molecular flexibility index (Phi) is 6.61. The van der Waals surface area contributed by atoms with Crippen molar-refractivity contribution in [2.75, 3.05) is 58.4 Å². The van der Waals surface area contributed by atoms with E-state index in [4.69, 9.17) is 9.47 Å². The molecule has 0 saturated carbocycles. The molecule has 1 amide bonds. The molecule has 1 unspecified atom stereocenters. The van der Waals surface area contributed by atoms with E-state index in [0.717, 1.165) is 69.3 Å². The standard InChI is InChI=1S/C20H31N3O3/c1-25-18-12-17(13-19(14-18)26-2)22-8-3-9-23(11-10-22)20(24)5-4-16-6-7-21-15-16/h12-14,16,21H,3-11,15H2,1-2H3. The van der Waals surface area contributed by atoms with E-state index in [2.05, 4.69) is 10.2 Å². The molecule has 26 heavy (non-hydrogen) atoms. The largest absolute Gasteiger partial charge is 0.497 e. The van der Waals surface area contributed by atoms with E-state index in [1.54, 1.807) is 14.2 Å².